The lowest BCUT2D eigenvalue weighted by Gasteiger charge is -2.22. The summed E-state index contributed by atoms with van der Waals surface area (Å²) in [5, 5.41) is 1.93. The van der Waals surface area contributed by atoms with E-state index in [1.165, 1.54) is 40.2 Å². The van der Waals surface area contributed by atoms with Crippen molar-refractivity contribution in [2.75, 3.05) is 13.1 Å². The SMILES string of the molecule is CCN(CC)S(=O)(=O)c1ccc(=O)n(CC(=O)N(Cc2ccco2)Cc2cccs2)c1. The fourth-order valence-electron chi connectivity index (χ4n) is 3.16. The van der Waals surface area contributed by atoms with Gasteiger partial charge in [-0.05, 0) is 29.6 Å². The molecule has 0 spiro atoms. The maximum absolute atomic E-state index is 13.1. The lowest BCUT2D eigenvalue weighted by molar-refractivity contribution is -0.133. The van der Waals surface area contributed by atoms with Crippen LogP contribution in [0.3, 0.4) is 0 Å². The largest absolute Gasteiger partial charge is 0.467 e. The molecule has 0 aromatic carbocycles. The van der Waals surface area contributed by atoms with Crippen molar-refractivity contribution in [3.63, 3.8) is 0 Å². The van der Waals surface area contributed by atoms with Crippen LogP contribution in [0.5, 0.6) is 0 Å². The molecule has 3 rings (SSSR count). The van der Waals surface area contributed by atoms with Gasteiger partial charge in [0, 0.05) is 30.2 Å². The maximum Gasteiger partial charge on any atom is 0.251 e. The minimum Gasteiger partial charge on any atom is -0.467 e. The van der Waals surface area contributed by atoms with Gasteiger partial charge in [0.25, 0.3) is 5.56 Å². The minimum absolute atomic E-state index is 0.0144. The van der Waals surface area contributed by atoms with Crippen LogP contribution in [0.2, 0.25) is 0 Å². The molecule has 166 valence electrons. The van der Waals surface area contributed by atoms with Gasteiger partial charge in [0.1, 0.15) is 12.3 Å². The highest BCUT2D eigenvalue weighted by molar-refractivity contribution is 7.89. The zero-order valence-corrected chi connectivity index (χ0v) is 19.1. The summed E-state index contributed by atoms with van der Waals surface area (Å²) in [5.41, 5.74) is -0.444. The van der Waals surface area contributed by atoms with Crippen LogP contribution in [-0.4, -0.2) is 41.2 Å². The van der Waals surface area contributed by atoms with Gasteiger partial charge >= 0.3 is 0 Å². The molecule has 0 atom stereocenters. The number of furan rings is 1. The van der Waals surface area contributed by atoms with Crippen molar-refractivity contribution in [3.8, 4) is 0 Å². The summed E-state index contributed by atoms with van der Waals surface area (Å²) in [4.78, 5) is 28.0. The molecule has 8 nitrogen and oxygen atoms in total. The van der Waals surface area contributed by atoms with E-state index in [4.69, 9.17) is 4.42 Å². The van der Waals surface area contributed by atoms with Crippen molar-refractivity contribution in [1.82, 2.24) is 13.8 Å². The van der Waals surface area contributed by atoms with Crippen LogP contribution < -0.4 is 5.56 Å². The van der Waals surface area contributed by atoms with Crippen LogP contribution in [0.15, 0.2) is 68.3 Å². The molecule has 3 heterocycles. The lowest BCUT2D eigenvalue weighted by Crippen LogP contribution is -2.36. The quantitative estimate of drug-likeness (QED) is 0.461. The number of pyridine rings is 1. The van der Waals surface area contributed by atoms with Gasteiger partial charge in [0.2, 0.25) is 15.9 Å². The minimum atomic E-state index is -3.74. The number of carbonyl (C=O) groups excluding carboxylic acids is 1. The fraction of sp³-hybridized carbons (Fsp3) is 0.333. The highest BCUT2D eigenvalue weighted by atomic mass is 32.2. The normalized spacial score (nSPS) is 11.7. The second-order valence-corrected chi connectivity index (χ2v) is 9.80. The predicted molar refractivity (Wildman–Crippen MR) is 118 cm³/mol. The zero-order valence-electron chi connectivity index (χ0n) is 17.4. The molecule has 0 radical (unpaired) electrons. The summed E-state index contributed by atoms with van der Waals surface area (Å²) in [6.07, 6.45) is 2.78. The van der Waals surface area contributed by atoms with Crippen LogP contribution in [0.4, 0.5) is 0 Å². The highest BCUT2D eigenvalue weighted by Gasteiger charge is 2.23. The summed E-state index contributed by atoms with van der Waals surface area (Å²) in [5.74, 6) is 0.305. The molecule has 0 bridgehead atoms. The molecule has 31 heavy (non-hydrogen) atoms. The number of thiophene rings is 1. The molecular weight excluding hydrogens is 438 g/mol. The molecule has 3 aromatic rings. The Balaban J connectivity index is 1.86. The van der Waals surface area contributed by atoms with E-state index >= 15 is 0 Å². The number of hydrogen-bond acceptors (Lipinski definition) is 6. The first-order chi connectivity index (χ1) is 14.8. The number of nitrogens with zero attached hydrogens (tertiary/aromatic N) is 3. The molecule has 0 unspecified atom stereocenters. The highest BCUT2D eigenvalue weighted by Crippen LogP contribution is 2.17. The monoisotopic (exact) mass is 463 g/mol. The Morgan fingerprint density at radius 2 is 1.87 bits per heavy atom. The fourth-order valence-corrected chi connectivity index (χ4v) is 5.36. The average molecular weight is 464 g/mol. The number of amides is 1. The van der Waals surface area contributed by atoms with Crippen molar-refractivity contribution < 1.29 is 17.6 Å². The van der Waals surface area contributed by atoms with E-state index < -0.39 is 15.6 Å². The lowest BCUT2D eigenvalue weighted by atomic mass is 10.3. The third-order valence-corrected chi connectivity index (χ3v) is 7.71. The third-order valence-electron chi connectivity index (χ3n) is 4.81. The predicted octanol–water partition coefficient (Wildman–Crippen LogP) is 2.76. The van der Waals surface area contributed by atoms with E-state index in [0.717, 1.165) is 9.44 Å². The molecule has 10 heteroatoms. The first-order valence-corrected chi connectivity index (χ1v) is 12.2. The van der Waals surface area contributed by atoms with Gasteiger partial charge in [-0.2, -0.15) is 4.31 Å². The van der Waals surface area contributed by atoms with Crippen LogP contribution >= 0.6 is 11.3 Å². The van der Waals surface area contributed by atoms with Gasteiger partial charge in [-0.1, -0.05) is 19.9 Å². The van der Waals surface area contributed by atoms with Crippen molar-refractivity contribution in [2.45, 2.75) is 38.4 Å². The number of sulfonamides is 1. The Labute approximate surface area is 185 Å². The third kappa shape index (κ3) is 5.52. The maximum atomic E-state index is 13.1. The van der Waals surface area contributed by atoms with E-state index in [9.17, 15) is 18.0 Å². The second-order valence-electron chi connectivity index (χ2n) is 6.83. The van der Waals surface area contributed by atoms with Gasteiger partial charge in [-0.3, -0.25) is 9.59 Å². The summed E-state index contributed by atoms with van der Waals surface area (Å²) < 4.78 is 33.4. The molecule has 0 saturated carbocycles. The summed E-state index contributed by atoms with van der Waals surface area (Å²) in [7, 11) is -3.74. The van der Waals surface area contributed by atoms with Crippen molar-refractivity contribution in [1.29, 1.82) is 0 Å². The van der Waals surface area contributed by atoms with E-state index in [1.807, 2.05) is 17.5 Å². The molecule has 0 aliphatic rings. The molecule has 1 amide bonds. The van der Waals surface area contributed by atoms with Crippen LogP contribution in [0.1, 0.15) is 24.5 Å². The molecule has 0 aliphatic carbocycles. The molecule has 0 aliphatic heterocycles. The van der Waals surface area contributed by atoms with Gasteiger partial charge < -0.3 is 13.9 Å². The van der Waals surface area contributed by atoms with Crippen LogP contribution in [0.25, 0.3) is 0 Å². The Morgan fingerprint density at radius 1 is 1.10 bits per heavy atom. The van der Waals surface area contributed by atoms with Gasteiger partial charge in [-0.15, -0.1) is 11.3 Å². The Hall–Kier alpha value is -2.69. The molecule has 0 fully saturated rings. The average Bonchev–Trinajstić information content (AvgIpc) is 3.44. The Morgan fingerprint density at radius 3 is 2.48 bits per heavy atom. The standard InChI is InChI=1S/C21H25N3O5S2/c1-3-24(4-2)31(27,28)19-9-10-20(25)23(15-19)16-21(26)22(13-17-7-5-11-29-17)14-18-8-6-12-30-18/h5-12,15H,3-4,13-14,16H2,1-2H3. The van der Waals surface area contributed by atoms with Crippen LogP contribution in [0, 0.1) is 0 Å². The van der Waals surface area contributed by atoms with Crippen molar-refractivity contribution >= 4 is 27.3 Å². The molecular formula is C21H25N3O5S2. The smallest absolute Gasteiger partial charge is 0.251 e. The van der Waals surface area contributed by atoms with E-state index in [0.29, 0.717) is 25.4 Å². The number of rotatable bonds is 10. The van der Waals surface area contributed by atoms with Crippen molar-refractivity contribution in [3.05, 3.63) is 75.2 Å². The van der Waals surface area contributed by atoms with E-state index in [2.05, 4.69) is 0 Å². The Bertz CT molecular complexity index is 1110. The first-order valence-electron chi connectivity index (χ1n) is 9.88. The first kappa shape index (κ1) is 23.0. The number of carbonyl (C=O) groups is 1. The zero-order chi connectivity index (χ0) is 22.4. The second kappa shape index (κ2) is 10.1. The summed E-state index contributed by atoms with van der Waals surface area (Å²) >= 11 is 1.53. The van der Waals surface area contributed by atoms with Crippen molar-refractivity contribution in [2.24, 2.45) is 0 Å². The van der Waals surface area contributed by atoms with E-state index in [-0.39, 0.29) is 23.9 Å². The molecule has 3 aromatic heterocycles. The summed E-state index contributed by atoms with van der Waals surface area (Å²) in [6.45, 7) is 4.46. The van der Waals surface area contributed by atoms with E-state index in [1.54, 1.807) is 30.9 Å². The topological polar surface area (TPSA) is 92.8 Å². The summed E-state index contributed by atoms with van der Waals surface area (Å²) in [6, 6.07) is 9.81. The number of aromatic nitrogens is 1. The van der Waals surface area contributed by atoms with Crippen LogP contribution in [-0.2, 0) is 34.5 Å². The van der Waals surface area contributed by atoms with Gasteiger partial charge in [-0.25, -0.2) is 8.42 Å². The van der Waals surface area contributed by atoms with Gasteiger partial charge in [0.15, 0.2) is 0 Å². The number of hydrogen-bond donors (Lipinski definition) is 0. The Kier molecular flexibility index (Phi) is 7.47. The molecule has 0 N–H and O–H groups in total. The van der Waals surface area contributed by atoms with Gasteiger partial charge in [0.05, 0.1) is 24.2 Å². The molecule has 0 saturated heterocycles.